The van der Waals surface area contributed by atoms with Crippen LogP contribution in [-0.2, 0) is 16.2 Å². The molecule has 0 fully saturated rings. The van der Waals surface area contributed by atoms with Crippen LogP contribution in [0.4, 0.5) is 0 Å². The smallest absolute Gasteiger partial charge is 0.0714 e. The fourth-order valence-corrected chi connectivity index (χ4v) is 15.7. The maximum atomic E-state index is 6.32. The first-order valence-electron chi connectivity index (χ1n) is 31.1. The lowest BCUT2D eigenvalue weighted by Gasteiger charge is -2.34. The summed E-state index contributed by atoms with van der Waals surface area (Å²) in [5.41, 5.74) is 28.6. The highest BCUT2D eigenvalue weighted by Crippen LogP contribution is 2.59. The molecule has 0 bridgehead atoms. The van der Waals surface area contributed by atoms with Crippen LogP contribution in [-0.4, -0.2) is 0 Å². The highest BCUT2D eigenvalue weighted by molar-refractivity contribution is 9.10. The molecule has 2 heteroatoms. The number of fused-ring (bicyclic) bond motifs is 9. The van der Waals surface area contributed by atoms with E-state index in [0.717, 1.165) is 9.50 Å². The van der Waals surface area contributed by atoms with Gasteiger partial charge >= 0.3 is 0 Å². The number of hydrogen-bond donors (Lipinski definition) is 0. The lowest BCUT2D eigenvalue weighted by Crippen LogP contribution is -2.28. The summed E-state index contributed by atoms with van der Waals surface area (Å²) in [6.45, 7) is 9.49. The zero-order valence-electron chi connectivity index (χ0n) is 48.9. The van der Waals surface area contributed by atoms with E-state index in [0.29, 0.717) is 0 Å². The Bertz CT molecular complexity index is 3920. The van der Waals surface area contributed by atoms with Gasteiger partial charge in [-0.25, -0.2) is 0 Å². The van der Waals surface area contributed by atoms with E-state index >= 15 is 0 Å². The molecule has 0 saturated carbocycles. The second-order valence-corrected chi connectivity index (χ2v) is 26.2. The van der Waals surface area contributed by atoms with E-state index in [-0.39, 0.29) is 10.8 Å². The molecule has 0 radical (unpaired) electrons. The van der Waals surface area contributed by atoms with Gasteiger partial charge in [-0.05, 0) is 190 Å². The van der Waals surface area contributed by atoms with Crippen LogP contribution < -0.4 is 0 Å². The second kappa shape index (κ2) is 23.2. The van der Waals surface area contributed by atoms with E-state index in [1.807, 2.05) is 12.1 Å². The van der Waals surface area contributed by atoms with Crippen LogP contribution in [0.3, 0.4) is 0 Å². The molecule has 0 saturated heterocycles. The highest BCUT2D eigenvalue weighted by atomic mass is 79.9. The van der Waals surface area contributed by atoms with Crippen molar-refractivity contribution in [2.75, 3.05) is 0 Å². The predicted octanol–water partition coefficient (Wildman–Crippen LogP) is 24.2. The molecule has 10 aromatic rings. The number of unbranched alkanes of at least 4 members (excludes halogenated alkanes) is 10. The molecule has 10 aromatic carbocycles. The van der Waals surface area contributed by atoms with Crippen molar-refractivity contribution in [1.29, 1.82) is 0 Å². The van der Waals surface area contributed by atoms with E-state index < -0.39 is 5.41 Å². The van der Waals surface area contributed by atoms with Crippen molar-refractivity contribution in [2.45, 2.75) is 134 Å². The number of hydrogen-bond acceptors (Lipinski definition) is 0. The van der Waals surface area contributed by atoms with Gasteiger partial charge in [0.05, 0.1) is 5.41 Å². The van der Waals surface area contributed by atoms with Crippen LogP contribution >= 0.6 is 27.5 Å². The molecule has 13 rings (SSSR count). The Morgan fingerprint density at radius 3 is 1.06 bits per heavy atom. The summed E-state index contributed by atoms with van der Waals surface area (Å²) < 4.78 is 1.09. The monoisotopic (exact) mass is 1160 g/mol. The van der Waals surface area contributed by atoms with Gasteiger partial charge in [0.1, 0.15) is 0 Å². The number of halogens is 2. The third-order valence-electron chi connectivity index (χ3n) is 19.5. The first-order valence-corrected chi connectivity index (χ1v) is 32.3. The zero-order chi connectivity index (χ0) is 56.7. The normalized spacial score (nSPS) is 14.4. The van der Waals surface area contributed by atoms with Crippen LogP contribution in [0.2, 0.25) is 5.02 Å². The Hall–Kier alpha value is -7.03. The Balaban J connectivity index is 0.869. The standard InChI is InChI=1S/C81H76BrCl/c1-5-7-9-11-13-21-47-80(48-22-14-12-10-8-6-2)75-51-59(34-43-69(75)70-44-37-62(52-76(70)80)61-36-42-68-67-41-33-58(57-31-39-66(83)40-32-57)49-73(67)79(3,4)74(68)50-61)55-27-29-56(30-28-55)60-35-45-71-72-46-38-65(82)54-78(72)81(77(71)53-60,63-23-17-15-18-24-63)64-25-19-16-20-26-64/h15-20,23-46,49-54H,5-14,21-22,47-48H2,1-4H3. The van der Waals surface area contributed by atoms with Crippen molar-refractivity contribution >= 4 is 27.5 Å². The minimum atomic E-state index is -0.470. The summed E-state index contributed by atoms with van der Waals surface area (Å²) in [4.78, 5) is 0. The number of rotatable bonds is 20. The summed E-state index contributed by atoms with van der Waals surface area (Å²) in [6.07, 6.45) is 17.9. The molecular formula is C81H76BrCl. The van der Waals surface area contributed by atoms with Gasteiger partial charge in [0.2, 0.25) is 0 Å². The summed E-state index contributed by atoms with van der Waals surface area (Å²) in [7, 11) is 0. The number of benzene rings is 10. The van der Waals surface area contributed by atoms with E-state index in [4.69, 9.17) is 11.6 Å². The maximum absolute atomic E-state index is 6.32. The van der Waals surface area contributed by atoms with Crippen molar-refractivity contribution in [2.24, 2.45) is 0 Å². The average Bonchev–Trinajstić information content (AvgIpc) is 3.15. The largest absolute Gasteiger partial charge is 0.0843 e. The van der Waals surface area contributed by atoms with Gasteiger partial charge in [0.25, 0.3) is 0 Å². The van der Waals surface area contributed by atoms with Crippen molar-refractivity contribution < 1.29 is 0 Å². The average molecular weight is 1160 g/mol. The van der Waals surface area contributed by atoms with E-state index in [1.165, 1.54) is 201 Å². The summed E-state index contributed by atoms with van der Waals surface area (Å²) in [5.74, 6) is 0. The highest BCUT2D eigenvalue weighted by Gasteiger charge is 2.47. The molecule has 0 N–H and O–H groups in total. The molecule has 414 valence electrons. The van der Waals surface area contributed by atoms with Gasteiger partial charge in [-0.2, -0.15) is 0 Å². The summed E-state index contributed by atoms with van der Waals surface area (Å²) >= 11 is 10.2. The summed E-state index contributed by atoms with van der Waals surface area (Å²) in [6, 6.07) is 83.5. The molecule has 0 spiro atoms. The Morgan fingerprint density at radius 2 is 0.627 bits per heavy atom. The fourth-order valence-electron chi connectivity index (χ4n) is 15.2. The van der Waals surface area contributed by atoms with Gasteiger partial charge in [0, 0.05) is 20.3 Å². The molecule has 0 amide bonds. The molecule has 0 nitrogen and oxygen atoms in total. The van der Waals surface area contributed by atoms with Crippen molar-refractivity contribution in [1.82, 2.24) is 0 Å². The minimum Gasteiger partial charge on any atom is -0.0843 e. The SMILES string of the molecule is CCCCCCCCC1(CCCCCCCC)c2cc(-c3ccc(-c4ccc5c(c4)C(c4ccccc4)(c4ccccc4)c4cc(Br)ccc4-5)cc3)ccc2-c2ccc(-c3ccc4c(c3)C(C)(C)c3cc(-c5ccc(Cl)cc5)ccc3-4)cc21. The van der Waals surface area contributed by atoms with Crippen LogP contribution in [0.1, 0.15) is 162 Å². The van der Waals surface area contributed by atoms with Gasteiger partial charge in [-0.3, -0.25) is 0 Å². The lowest BCUT2D eigenvalue weighted by molar-refractivity contribution is 0.398. The van der Waals surface area contributed by atoms with E-state index in [9.17, 15) is 0 Å². The van der Waals surface area contributed by atoms with Crippen molar-refractivity contribution in [3.8, 4) is 77.9 Å². The van der Waals surface area contributed by atoms with Gasteiger partial charge in [-0.15, -0.1) is 0 Å². The summed E-state index contributed by atoms with van der Waals surface area (Å²) in [5, 5.41) is 0.766. The molecule has 83 heavy (non-hydrogen) atoms. The van der Waals surface area contributed by atoms with Crippen LogP contribution in [0.5, 0.6) is 0 Å². The Kier molecular flexibility index (Phi) is 15.4. The third kappa shape index (κ3) is 9.88. The van der Waals surface area contributed by atoms with Gasteiger partial charge in [0.15, 0.2) is 0 Å². The van der Waals surface area contributed by atoms with Gasteiger partial charge < -0.3 is 0 Å². The molecule has 0 aromatic heterocycles. The van der Waals surface area contributed by atoms with Crippen molar-refractivity contribution in [3.05, 3.63) is 272 Å². The molecule has 0 unspecified atom stereocenters. The molecule has 3 aliphatic carbocycles. The first kappa shape index (κ1) is 55.2. The fraction of sp³-hybridized carbons (Fsp3) is 0.259. The lowest BCUT2D eigenvalue weighted by atomic mass is 9.67. The first-order chi connectivity index (χ1) is 40.6. The molecule has 3 aliphatic rings. The second-order valence-electron chi connectivity index (χ2n) is 24.8. The molecule has 0 atom stereocenters. The van der Waals surface area contributed by atoms with Crippen LogP contribution in [0.15, 0.2) is 223 Å². The molecular weight excluding hydrogens is 1090 g/mol. The third-order valence-corrected chi connectivity index (χ3v) is 20.3. The minimum absolute atomic E-state index is 0.0714. The topological polar surface area (TPSA) is 0 Å². The van der Waals surface area contributed by atoms with E-state index in [1.54, 1.807) is 11.1 Å². The Labute approximate surface area is 508 Å². The van der Waals surface area contributed by atoms with E-state index in [2.05, 4.69) is 250 Å². The Morgan fingerprint density at radius 1 is 0.313 bits per heavy atom. The van der Waals surface area contributed by atoms with Crippen LogP contribution in [0.25, 0.3) is 77.9 Å². The van der Waals surface area contributed by atoms with Crippen LogP contribution in [0, 0.1) is 0 Å². The maximum Gasteiger partial charge on any atom is 0.0714 e. The van der Waals surface area contributed by atoms with Gasteiger partial charge in [-0.1, -0.05) is 296 Å². The predicted molar refractivity (Wildman–Crippen MR) is 358 cm³/mol. The molecule has 0 aliphatic heterocycles. The molecule has 0 heterocycles. The van der Waals surface area contributed by atoms with Crippen molar-refractivity contribution in [3.63, 3.8) is 0 Å². The zero-order valence-corrected chi connectivity index (χ0v) is 51.3. The quantitative estimate of drug-likeness (QED) is 0.0667.